The van der Waals surface area contributed by atoms with Crippen LogP contribution in [0.4, 0.5) is 0 Å². The molecule has 0 amide bonds. The van der Waals surface area contributed by atoms with Gasteiger partial charge in [-0.1, -0.05) is 204 Å². The second-order valence-corrected chi connectivity index (χ2v) is 28.9. The number of ether oxygens (including phenoxy) is 4. The molecular weight excluding hydrogens is 1350 g/mol. The number of nitrogens with one attached hydrogen (secondary N) is 1. The van der Waals surface area contributed by atoms with Crippen LogP contribution in [0.15, 0.2) is 252 Å². The summed E-state index contributed by atoms with van der Waals surface area (Å²) in [6, 6.07) is 78.7. The van der Waals surface area contributed by atoms with E-state index in [2.05, 4.69) is 138 Å². The number of benzene rings is 10. The van der Waals surface area contributed by atoms with Crippen molar-refractivity contribution in [3.63, 3.8) is 0 Å². The molecule has 1 N–H and O–H groups in total. The van der Waals surface area contributed by atoms with Gasteiger partial charge >= 0.3 is 0 Å². The van der Waals surface area contributed by atoms with Gasteiger partial charge in [-0.15, -0.1) is 0 Å². The third-order valence-electron chi connectivity index (χ3n) is 17.3. The topological polar surface area (TPSA) is 144 Å². The third-order valence-corrected chi connectivity index (χ3v) is 20.6. The highest BCUT2D eigenvalue weighted by Crippen LogP contribution is 2.37. The van der Waals surface area contributed by atoms with E-state index in [1.807, 2.05) is 123 Å². The van der Waals surface area contributed by atoms with E-state index in [1.165, 1.54) is 124 Å². The zero-order valence-corrected chi connectivity index (χ0v) is 61.1. The van der Waals surface area contributed by atoms with Crippen molar-refractivity contribution in [3.05, 3.63) is 298 Å². The van der Waals surface area contributed by atoms with Crippen LogP contribution in [-0.4, -0.2) is 52.8 Å². The molecule has 15 heteroatoms. The Hall–Kier alpha value is -9.22. The van der Waals surface area contributed by atoms with Gasteiger partial charge < -0.3 is 28.5 Å². The smallest absolute Gasteiger partial charge is 0.297 e. The second kappa shape index (κ2) is 36.2. The molecule has 1 aliphatic rings. The van der Waals surface area contributed by atoms with E-state index in [0.29, 0.717) is 31.3 Å². The first-order valence-corrected chi connectivity index (χ1v) is 38.1. The Morgan fingerprint density at radius 3 is 1.24 bits per heavy atom. The number of fused-ring (bicyclic) bond motifs is 2. The van der Waals surface area contributed by atoms with Crippen LogP contribution in [0.5, 0.6) is 23.0 Å². The number of hydrogen-bond donors (Lipinski definition) is 1. The fourth-order valence-electron chi connectivity index (χ4n) is 11.7. The maximum Gasteiger partial charge on any atom is 0.297 e. The van der Waals surface area contributed by atoms with E-state index >= 15 is 0 Å². The molecule has 0 saturated heterocycles. The van der Waals surface area contributed by atoms with Gasteiger partial charge in [-0.3, -0.25) is 8.37 Å². The van der Waals surface area contributed by atoms with E-state index < -0.39 is 20.2 Å². The highest BCUT2D eigenvalue weighted by atomic mass is 79.9. The predicted molar refractivity (Wildman–Crippen MR) is 408 cm³/mol. The van der Waals surface area contributed by atoms with Gasteiger partial charge in [0.05, 0.1) is 15.5 Å². The normalized spacial score (nSPS) is 12.2. The van der Waals surface area contributed by atoms with E-state index in [9.17, 15) is 16.8 Å². The van der Waals surface area contributed by atoms with Crippen LogP contribution in [0.1, 0.15) is 101 Å². The number of hydrogen-bond acceptors (Lipinski definition) is 10. The lowest BCUT2D eigenvalue weighted by molar-refractivity contribution is 0.221. The van der Waals surface area contributed by atoms with Crippen LogP contribution in [-0.2, 0) is 53.7 Å². The first-order chi connectivity index (χ1) is 48.5. The fraction of sp³-hybridized carbons (Fsp3) is 0.247. The zero-order chi connectivity index (χ0) is 70.3. The molecule has 0 atom stereocenters. The van der Waals surface area contributed by atoms with Crippen molar-refractivity contribution < 1.29 is 44.1 Å². The SMILES string of the molecule is C1CCCCCC1.Cc1ccc(S(=O)(=O)OCCOc2ccc(CBr)cc2)cc1.Cc1ccc(S(=O)(=O)OCCOc2ccc(Cn3c(-c4ccc(OCc5ccccc5)cc4)c(C)c4cc(C)ccc43)cc2)cc1.Cc1ccc2[nH]c(-c3ccc(OCc4ccccc4)cc3)c(C)c2c1. The number of aromatic amines is 1. The number of nitrogens with zero attached hydrogens (tertiary/aromatic N) is 1. The van der Waals surface area contributed by atoms with Gasteiger partial charge in [0.1, 0.15) is 62.6 Å². The van der Waals surface area contributed by atoms with Crippen molar-refractivity contribution in [1.29, 1.82) is 0 Å². The van der Waals surface area contributed by atoms with E-state index in [1.54, 1.807) is 36.4 Å². The average molecular weight is 1440 g/mol. The van der Waals surface area contributed by atoms with Crippen LogP contribution in [0.2, 0.25) is 0 Å². The molecule has 1 aliphatic carbocycles. The molecule has 10 aromatic carbocycles. The maximum absolute atomic E-state index is 12.4. The van der Waals surface area contributed by atoms with Crippen LogP contribution in [0.3, 0.4) is 0 Å². The third kappa shape index (κ3) is 21.2. The van der Waals surface area contributed by atoms with E-state index in [4.69, 9.17) is 27.3 Å². The quantitative estimate of drug-likeness (QED) is 0.0284. The van der Waals surface area contributed by atoms with Crippen molar-refractivity contribution in [2.75, 3.05) is 26.4 Å². The van der Waals surface area contributed by atoms with Gasteiger partial charge in [0.25, 0.3) is 20.2 Å². The van der Waals surface area contributed by atoms with E-state index in [0.717, 1.165) is 50.2 Å². The Morgan fingerprint density at radius 1 is 0.380 bits per heavy atom. The van der Waals surface area contributed by atoms with Crippen molar-refractivity contribution in [2.24, 2.45) is 0 Å². The zero-order valence-electron chi connectivity index (χ0n) is 57.9. The van der Waals surface area contributed by atoms with Gasteiger partial charge in [-0.05, 0) is 207 Å². The second-order valence-electron chi connectivity index (χ2n) is 25.1. The summed E-state index contributed by atoms with van der Waals surface area (Å²) in [5.74, 6) is 3.05. The minimum absolute atomic E-state index is 0.0313. The minimum atomic E-state index is -3.83. The molecular formula is C85H89BrN2O10S2. The highest BCUT2D eigenvalue weighted by Gasteiger charge is 2.19. The number of alkyl halides is 1. The molecule has 1 fully saturated rings. The van der Waals surface area contributed by atoms with Crippen molar-refractivity contribution in [3.8, 4) is 45.5 Å². The lowest BCUT2D eigenvalue weighted by Gasteiger charge is -2.14. The Balaban J connectivity index is 0.000000167. The number of aryl methyl sites for hydroxylation is 6. The summed E-state index contributed by atoms with van der Waals surface area (Å²) in [6.45, 7) is 14.4. The standard InChI is InChI=1S/C39H37NO5S.C23H21NO.C16H17BrO4S.C7H14/c1-28-9-20-36(21-10-28)46(41,42)45-24-23-43-34-16-12-31(13-17-34)26-40-38-22-11-29(2)25-37(38)30(3)39(40)33-14-18-35(19-15-33)44-27-32-7-5-4-6-8-32;1-16-8-13-22-21(14-16)17(2)23(24-22)19-9-11-20(12-10-19)25-15-18-6-4-3-5-7-18;1-13-2-8-16(9-3-13)22(18,19)21-11-10-20-15-6-4-14(12-17)5-7-15;1-2-4-6-7-5-3-1/h4-22,25H,23-24,26-27H2,1-3H3;3-14,24H,15H2,1-2H3;2-9H,10-12H2,1H3;1-7H2. The molecule has 2 heterocycles. The fourth-order valence-corrected chi connectivity index (χ4v) is 13.9. The first-order valence-electron chi connectivity index (χ1n) is 34.1. The van der Waals surface area contributed by atoms with Gasteiger partial charge in [0, 0.05) is 39.4 Å². The van der Waals surface area contributed by atoms with Crippen LogP contribution in [0, 0.1) is 41.5 Å². The van der Waals surface area contributed by atoms with Crippen molar-refractivity contribution in [1.82, 2.24) is 9.55 Å². The number of aromatic nitrogens is 2. The van der Waals surface area contributed by atoms with Crippen molar-refractivity contribution >= 4 is 58.0 Å². The monoisotopic (exact) mass is 1440 g/mol. The van der Waals surface area contributed by atoms with Gasteiger partial charge in [-0.2, -0.15) is 16.8 Å². The Kier molecular flexibility index (Phi) is 26.6. The summed E-state index contributed by atoms with van der Waals surface area (Å²) in [6.07, 6.45) is 10.5. The minimum Gasteiger partial charge on any atom is -0.491 e. The molecule has 100 heavy (non-hydrogen) atoms. The first kappa shape index (κ1) is 73.5. The summed E-state index contributed by atoms with van der Waals surface area (Å²) in [7, 11) is -7.55. The van der Waals surface area contributed by atoms with E-state index in [-0.39, 0.29) is 36.2 Å². The summed E-state index contributed by atoms with van der Waals surface area (Å²) >= 11 is 3.37. The van der Waals surface area contributed by atoms with Gasteiger partial charge in [0.2, 0.25) is 0 Å². The number of halogens is 1. The molecule has 0 bridgehead atoms. The van der Waals surface area contributed by atoms with Gasteiger partial charge in [0.15, 0.2) is 0 Å². The molecule has 0 aliphatic heterocycles. The Morgan fingerprint density at radius 2 is 0.780 bits per heavy atom. The van der Waals surface area contributed by atoms with Gasteiger partial charge in [-0.25, -0.2) is 0 Å². The lowest BCUT2D eigenvalue weighted by Crippen LogP contribution is -2.13. The molecule has 2 aromatic heterocycles. The van der Waals surface area contributed by atoms with Crippen LogP contribution < -0.4 is 18.9 Å². The summed E-state index contributed by atoms with van der Waals surface area (Å²) in [5, 5.41) is 3.31. The maximum atomic E-state index is 12.4. The predicted octanol–water partition coefficient (Wildman–Crippen LogP) is 21.1. The molecule has 518 valence electrons. The summed E-state index contributed by atoms with van der Waals surface area (Å²) in [4.78, 5) is 3.83. The molecule has 0 unspecified atom stereocenters. The summed E-state index contributed by atoms with van der Waals surface area (Å²) in [5.41, 5.74) is 18.6. The molecule has 0 radical (unpaired) electrons. The number of H-pyrrole nitrogens is 1. The average Bonchev–Trinajstić information content (AvgIpc) is 1.62. The summed E-state index contributed by atoms with van der Waals surface area (Å²) < 4.78 is 84.4. The Labute approximate surface area is 599 Å². The largest absolute Gasteiger partial charge is 0.491 e. The molecule has 13 rings (SSSR count). The molecule has 12 aromatic rings. The molecule has 1 saturated carbocycles. The highest BCUT2D eigenvalue weighted by molar-refractivity contribution is 9.08. The molecule has 0 spiro atoms. The number of rotatable bonds is 23. The van der Waals surface area contributed by atoms with Crippen molar-refractivity contribution in [2.45, 2.75) is 121 Å². The van der Waals surface area contributed by atoms with Crippen LogP contribution >= 0.6 is 15.9 Å². The Bertz CT molecular complexity index is 4740. The lowest BCUT2D eigenvalue weighted by atomic mass is 10.1. The van der Waals surface area contributed by atoms with Crippen LogP contribution in [0.25, 0.3) is 44.3 Å². The molecule has 12 nitrogen and oxygen atoms in total.